The second kappa shape index (κ2) is 11.0. The van der Waals surface area contributed by atoms with Crippen molar-refractivity contribution in [2.45, 2.75) is 58.9 Å². The van der Waals surface area contributed by atoms with Crippen LogP contribution in [0.15, 0.2) is 60.7 Å². The third-order valence-electron chi connectivity index (χ3n) is 5.53. The zero-order chi connectivity index (χ0) is 23.0. The zero-order valence-electron chi connectivity index (χ0n) is 19.0. The summed E-state index contributed by atoms with van der Waals surface area (Å²) in [4.78, 5) is 26.8. The second-order valence-corrected chi connectivity index (χ2v) is 8.93. The number of likely N-dealkylation sites (N-methyl/N-ethyl adjacent to an activating group) is 1. The van der Waals surface area contributed by atoms with E-state index in [4.69, 9.17) is 4.74 Å². The lowest BCUT2D eigenvalue weighted by molar-refractivity contribution is -0.135. The molecule has 2 N–H and O–H groups in total. The molecule has 0 saturated carbocycles. The maximum absolute atomic E-state index is 13.0. The minimum Gasteiger partial charge on any atom is -0.445 e. The second-order valence-electron chi connectivity index (χ2n) is 8.93. The molecule has 0 radical (unpaired) electrons. The Morgan fingerprint density at radius 2 is 1.58 bits per heavy atom. The summed E-state index contributed by atoms with van der Waals surface area (Å²) in [6.45, 7) is 7.86. The van der Waals surface area contributed by atoms with Crippen LogP contribution in [0.1, 0.15) is 51.3 Å². The summed E-state index contributed by atoms with van der Waals surface area (Å²) in [6.07, 6.45) is -1.25. The van der Waals surface area contributed by atoms with E-state index in [1.165, 1.54) is 4.90 Å². The molecule has 0 aliphatic heterocycles. The smallest absolute Gasteiger partial charge is 0.407 e. The number of carbonyl (C=O) groups is 2. The summed E-state index contributed by atoms with van der Waals surface area (Å²) in [6, 6.07) is 17.8. The van der Waals surface area contributed by atoms with E-state index in [1.54, 1.807) is 7.05 Å². The van der Waals surface area contributed by atoms with Crippen molar-refractivity contribution in [2.24, 2.45) is 5.41 Å². The van der Waals surface area contributed by atoms with Gasteiger partial charge in [-0.05, 0) is 23.5 Å². The number of nitrogens with one attached hydrogen (secondary N) is 1. The van der Waals surface area contributed by atoms with Crippen LogP contribution in [0.25, 0.3) is 0 Å². The van der Waals surface area contributed by atoms with E-state index < -0.39 is 24.3 Å². The monoisotopic (exact) mass is 426 g/mol. The van der Waals surface area contributed by atoms with Crippen LogP contribution in [0.4, 0.5) is 4.79 Å². The Hall–Kier alpha value is -2.86. The van der Waals surface area contributed by atoms with Crippen molar-refractivity contribution < 1.29 is 19.4 Å². The van der Waals surface area contributed by atoms with Gasteiger partial charge in [0.15, 0.2) is 0 Å². The Morgan fingerprint density at radius 1 is 1.03 bits per heavy atom. The van der Waals surface area contributed by atoms with E-state index in [1.807, 2.05) is 88.4 Å². The summed E-state index contributed by atoms with van der Waals surface area (Å²) in [5.74, 6) is -0.161. The van der Waals surface area contributed by atoms with Crippen LogP contribution in [0, 0.1) is 5.41 Å². The molecule has 0 heterocycles. The molecule has 31 heavy (non-hydrogen) atoms. The molecule has 0 aliphatic rings. The quantitative estimate of drug-likeness (QED) is 0.660. The fraction of sp³-hybridized carbons (Fsp3) is 0.440. The van der Waals surface area contributed by atoms with E-state index in [-0.39, 0.29) is 24.3 Å². The molecule has 0 fully saturated rings. The first-order valence-corrected chi connectivity index (χ1v) is 10.6. The van der Waals surface area contributed by atoms with Gasteiger partial charge in [0.05, 0.1) is 12.1 Å². The van der Waals surface area contributed by atoms with Gasteiger partial charge < -0.3 is 20.1 Å². The highest BCUT2D eigenvalue weighted by Gasteiger charge is 2.32. The lowest BCUT2D eigenvalue weighted by Crippen LogP contribution is -2.48. The molecule has 0 spiro atoms. The van der Waals surface area contributed by atoms with E-state index >= 15 is 0 Å². The van der Waals surface area contributed by atoms with Crippen LogP contribution in [0.3, 0.4) is 0 Å². The number of benzene rings is 2. The molecule has 0 unspecified atom stereocenters. The predicted octanol–water partition coefficient (Wildman–Crippen LogP) is 4.30. The number of aliphatic hydroxyl groups is 1. The first kappa shape index (κ1) is 24.4. The van der Waals surface area contributed by atoms with E-state index in [9.17, 15) is 14.7 Å². The summed E-state index contributed by atoms with van der Waals surface area (Å²) in [5, 5.41) is 13.5. The van der Waals surface area contributed by atoms with Crippen molar-refractivity contribution >= 4 is 12.0 Å². The number of nitrogens with zero attached hydrogens (tertiary/aromatic N) is 1. The lowest BCUT2D eigenvalue weighted by Gasteiger charge is -2.34. The van der Waals surface area contributed by atoms with Gasteiger partial charge in [0.2, 0.25) is 5.91 Å². The molecular formula is C25H34N2O4. The van der Waals surface area contributed by atoms with Crippen LogP contribution in [-0.4, -0.2) is 41.1 Å². The number of aliphatic hydroxyl groups excluding tert-OH is 1. The molecule has 2 aromatic rings. The highest BCUT2D eigenvalue weighted by Crippen LogP contribution is 2.25. The first-order valence-electron chi connectivity index (χ1n) is 10.6. The van der Waals surface area contributed by atoms with Crippen LogP contribution in [0.5, 0.6) is 0 Å². The zero-order valence-corrected chi connectivity index (χ0v) is 19.0. The van der Waals surface area contributed by atoms with Crippen LogP contribution in [-0.2, 0) is 16.1 Å². The minimum atomic E-state index is -0.799. The Morgan fingerprint density at radius 3 is 2.13 bits per heavy atom. The van der Waals surface area contributed by atoms with Gasteiger partial charge in [-0.2, -0.15) is 0 Å². The van der Waals surface area contributed by atoms with E-state index in [0.29, 0.717) is 0 Å². The maximum atomic E-state index is 13.0. The number of hydrogen-bond acceptors (Lipinski definition) is 4. The van der Waals surface area contributed by atoms with Gasteiger partial charge in [-0.3, -0.25) is 4.79 Å². The topological polar surface area (TPSA) is 78.9 Å². The SMILES string of the molecule is C[C@@H]([C@@H](O)c1ccccc1)N(C)C(=O)C[C@H](NC(=O)OCc1ccccc1)C(C)(C)C. The lowest BCUT2D eigenvalue weighted by atomic mass is 9.84. The molecular weight excluding hydrogens is 392 g/mol. The number of rotatable bonds is 8. The van der Waals surface area contributed by atoms with E-state index in [0.717, 1.165) is 11.1 Å². The van der Waals surface area contributed by atoms with Crippen molar-refractivity contribution in [2.75, 3.05) is 7.05 Å². The van der Waals surface area contributed by atoms with Crippen LogP contribution >= 0.6 is 0 Å². The van der Waals surface area contributed by atoms with Gasteiger partial charge in [0.1, 0.15) is 6.61 Å². The average Bonchev–Trinajstić information content (AvgIpc) is 2.76. The molecule has 2 rings (SSSR count). The molecule has 0 aliphatic carbocycles. The number of carbonyl (C=O) groups excluding carboxylic acids is 2. The van der Waals surface area contributed by atoms with Gasteiger partial charge in [0.25, 0.3) is 0 Å². The van der Waals surface area contributed by atoms with Gasteiger partial charge in [-0.1, -0.05) is 81.4 Å². The number of hydrogen-bond donors (Lipinski definition) is 2. The summed E-state index contributed by atoms with van der Waals surface area (Å²) in [7, 11) is 1.67. The standard InChI is InChI=1S/C25H34N2O4/c1-18(23(29)20-14-10-7-11-15-20)27(5)22(28)16-21(25(2,3)4)26-24(30)31-17-19-12-8-6-9-13-19/h6-15,18,21,23,29H,16-17H2,1-5H3,(H,26,30)/t18-,21-,23+/m0/s1. The van der Waals surface area contributed by atoms with Crippen molar-refractivity contribution in [3.05, 3.63) is 71.8 Å². The third-order valence-corrected chi connectivity index (χ3v) is 5.53. The highest BCUT2D eigenvalue weighted by molar-refractivity contribution is 5.78. The molecule has 0 aromatic heterocycles. The largest absolute Gasteiger partial charge is 0.445 e. The highest BCUT2D eigenvalue weighted by atomic mass is 16.5. The minimum absolute atomic E-state index is 0.103. The van der Waals surface area contributed by atoms with Crippen LogP contribution in [0.2, 0.25) is 0 Å². The Balaban J connectivity index is 1.97. The van der Waals surface area contributed by atoms with Gasteiger partial charge in [-0.25, -0.2) is 4.79 Å². The van der Waals surface area contributed by atoms with Crippen molar-refractivity contribution in [3.63, 3.8) is 0 Å². The average molecular weight is 427 g/mol. The summed E-state index contributed by atoms with van der Waals surface area (Å²) < 4.78 is 5.32. The molecule has 2 aromatic carbocycles. The summed E-state index contributed by atoms with van der Waals surface area (Å²) in [5.41, 5.74) is 1.29. The van der Waals surface area contributed by atoms with Crippen LogP contribution < -0.4 is 5.32 Å². The first-order chi connectivity index (χ1) is 14.6. The molecule has 6 heteroatoms. The molecule has 0 bridgehead atoms. The fourth-order valence-corrected chi connectivity index (χ4v) is 3.17. The number of amides is 2. The molecule has 3 atom stereocenters. The van der Waals surface area contributed by atoms with Gasteiger partial charge in [0, 0.05) is 19.5 Å². The van der Waals surface area contributed by atoms with Crippen molar-refractivity contribution in [1.82, 2.24) is 10.2 Å². The third kappa shape index (κ3) is 7.40. The molecule has 2 amide bonds. The van der Waals surface area contributed by atoms with E-state index in [2.05, 4.69) is 5.32 Å². The molecule has 168 valence electrons. The summed E-state index contributed by atoms with van der Waals surface area (Å²) >= 11 is 0. The van der Waals surface area contributed by atoms with Crippen molar-refractivity contribution in [1.29, 1.82) is 0 Å². The molecule has 0 saturated heterocycles. The number of alkyl carbamates (subject to hydrolysis) is 1. The normalized spacial score (nSPS) is 14.3. The Bertz CT molecular complexity index is 834. The fourth-order valence-electron chi connectivity index (χ4n) is 3.17. The predicted molar refractivity (Wildman–Crippen MR) is 121 cm³/mol. The number of ether oxygens (including phenoxy) is 1. The molecule has 6 nitrogen and oxygen atoms in total. The Kier molecular flexibility index (Phi) is 8.63. The van der Waals surface area contributed by atoms with Gasteiger partial charge in [-0.15, -0.1) is 0 Å². The maximum Gasteiger partial charge on any atom is 0.407 e. The van der Waals surface area contributed by atoms with Gasteiger partial charge >= 0.3 is 6.09 Å². The van der Waals surface area contributed by atoms with Crippen molar-refractivity contribution in [3.8, 4) is 0 Å². The Labute approximate surface area is 185 Å².